The van der Waals surface area contributed by atoms with Gasteiger partial charge < -0.3 is 4.42 Å². The molecule has 0 aliphatic carbocycles. The van der Waals surface area contributed by atoms with Crippen LogP contribution in [-0.2, 0) is 6.42 Å². The van der Waals surface area contributed by atoms with Gasteiger partial charge in [0.25, 0.3) is 0 Å². The van der Waals surface area contributed by atoms with Crippen molar-refractivity contribution in [2.75, 3.05) is 5.33 Å². The molecule has 1 heterocycles. The summed E-state index contributed by atoms with van der Waals surface area (Å²) in [5, 5.41) is 1.91. The van der Waals surface area contributed by atoms with Crippen molar-refractivity contribution in [3.8, 4) is 0 Å². The average Bonchev–Trinajstić information content (AvgIpc) is 2.19. The summed E-state index contributed by atoms with van der Waals surface area (Å²) >= 11 is 3.39. The fourth-order valence-electron chi connectivity index (χ4n) is 1.39. The monoisotopic (exact) mass is 252 g/mol. The molecule has 0 saturated carbocycles. The standard InChI is InChI=1S/C11H9BrO2/c12-6-5-8-1-3-10-9(7-8)2-4-11(13)14-10/h1-4,7H,5-6H2. The highest BCUT2D eigenvalue weighted by Gasteiger charge is 1.98. The Morgan fingerprint density at radius 3 is 2.86 bits per heavy atom. The first-order valence-electron chi connectivity index (χ1n) is 4.38. The van der Waals surface area contributed by atoms with E-state index >= 15 is 0 Å². The molecule has 1 aromatic carbocycles. The Labute approximate surface area is 89.7 Å². The molecule has 0 atom stereocenters. The van der Waals surface area contributed by atoms with Gasteiger partial charge in [0.15, 0.2) is 0 Å². The maximum atomic E-state index is 10.9. The lowest BCUT2D eigenvalue weighted by Crippen LogP contribution is -1.94. The van der Waals surface area contributed by atoms with Crippen LogP contribution in [0.3, 0.4) is 0 Å². The van der Waals surface area contributed by atoms with Crippen LogP contribution in [0.4, 0.5) is 0 Å². The molecule has 0 radical (unpaired) electrons. The smallest absolute Gasteiger partial charge is 0.336 e. The Balaban J connectivity index is 2.56. The molecule has 1 aromatic heterocycles. The minimum absolute atomic E-state index is 0.300. The predicted molar refractivity (Wildman–Crippen MR) is 60.0 cm³/mol. The fraction of sp³-hybridized carbons (Fsp3) is 0.182. The van der Waals surface area contributed by atoms with Gasteiger partial charge in [-0.2, -0.15) is 0 Å². The van der Waals surface area contributed by atoms with Gasteiger partial charge in [-0.1, -0.05) is 22.0 Å². The topological polar surface area (TPSA) is 30.2 Å². The van der Waals surface area contributed by atoms with E-state index in [-0.39, 0.29) is 5.63 Å². The van der Waals surface area contributed by atoms with Crippen molar-refractivity contribution in [1.29, 1.82) is 0 Å². The van der Waals surface area contributed by atoms with E-state index in [2.05, 4.69) is 15.9 Å². The summed E-state index contributed by atoms with van der Waals surface area (Å²) in [6, 6.07) is 9.10. The third kappa shape index (κ3) is 1.87. The van der Waals surface area contributed by atoms with E-state index in [9.17, 15) is 4.79 Å². The van der Waals surface area contributed by atoms with Crippen LogP contribution in [0.15, 0.2) is 39.5 Å². The molecule has 0 spiro atoms. The zero-order chi connectivity index (χ0) is 9.97. The number of rotatable bonds is 2. The number of aryl methyl sites for hydroxylation is 1. The molecule has 14 heavy (non-hydrogen) atoms. The molecule has 0 aliphatic heterocycles. The van der Waals surface area contributed by atoms with E-state index in [1.165, 1.54) is 11.6 Å². The Hall–Kier alpha value is -1.09. The highest BCUT2D eigenvalue weighted by Crippen LogP contribution is 2.14. The van der Waals surface area contributed by atoms with Crippen LogP contribution in [0.1, 0.15) is 5.56 Å². The molecule has 3 heteroatoms. The van der Waals surface area contributed by atoms with Crippen molar-refractivity contribution in [1.82, 2.24) is 0 Å². The largest absolute Gasteiger partial charge is 0.423 e. The highest BCUT2D eigenvalue weighted by atomic mass is 79.9. The first-order chi connectivity index (χ1) is 6.79. The first kappa shape index (κ1) is 9.46. The van der Waals surface area contributed by atoms with Crippen molar-refractivity contribution in [3.63, 3.8) is 0 Å². The molecule has 0 fully saturated rings. The summed E-state index contributed by atoms with van der Waals surface area (Å²) in [5.41, 5.74) is 1.59. The lowest BCUT2D eigenvalue weighted by molar-refractivity contribution is 0.561. The Kier molecular flexibility index (Phi) is 2.68. The van der Waals surface area contributed by atoms with Crippen molar-refractivity contribution >= 4 is 26.9 Å². The minimum atomic E-state index is -0.300. The summed E-state index contributed by atoms with van der Waals surface area (Å²) in [5.74, 6) is 0. The molecule has 0 amide bonds. The van der Waals surface area contributed by atoms with E-state index in [0.717, 1.165) is 17.1 Å². The number of hydrogen-bond donors (Lipinski definition) is 0. The SMILES string of the molecule is O=c1ccc2cc(CCBr)ccc2o1. The second-order valence-corrected chi connectivity index (χ2v) is 3.86. The third-order valence-electron chi connectivity index (χ3n) is 2.07. The average molecular weight is 253 g/mol. The molecule has 2 aromatic rings. The fourth-order valence-corrected chi connectivity index (χ4v) is 1.84. The van der Waals surface area contributed by atoms with Crippen LogP contribution >= 0.6 is 15.9 Å². The van der Waals surface area contributed by atoms with Gasteiger partial charge in [-0.15, -0.1) is 0 Å². The number of benzene rings is 1. The second-order valence-electron chi connectivity index (χ2n) is 3.07. The van der Waals surface area contributed by atoms with Gasteiger partial charge in [0.05, 0.1) is 0 Å². The van der Waals surface area contributed by atoms with Gasteiger partial charge in [0.1, 0.15) is 5.58 Å². The van der Waals surface area contributed by atoms with Gasteiger partial charge in [-0.3, -0.25) is 0 Å². The lowest BCUT2D eigenvalue weighted by atomic mass is 10.1. The Morgan fingerprint density at radius 1 is 1.21 bits per heavy atom. The number of alkyl halides is 1. The van der Waals surface area contributed by atoms with Gasteiger partial charge in [0, 0.05) is 16.8 Å². The Bertz CT molecular complexity index is 502. The zero-order valence-corrected chi connectivity index (χ0v) is 9.08. The van der Waals surface area contributed by atoms with E-state index in [1.807, 2.05) is 18.2 Å². The zero-order valence-electron chi connectivity index (χ0n) is 7.50. The molecule has 72 valence electrons. The van der Waals surface area contributed by atoms with Gasteiger partial charge in [-0.05, 0) is 30.2 Å². The summed E-state index contributed by atoms with van der Waals surface area (Å²) in [4.78, 5) is 10.9. The minimum Gasteiger partial charge on any atom is -0.423 e. The lowest BCUT2D eigenvalue weighted by Gasteiger charge is -1.99. The van der Waals surface area contributed by atoms with E-state index in [0.29, 0.717) is 5.58 Å². The van der Waals surface area contributed by atoms with Crippen LogP contribution in [0, 0.1) is 0 Å². The van der Waals surface area contributed by atoms with Crippen molar-refractivity contribution < 1.29 is 4.42 Å². The van der Waals surface area contributed by atoms with Gasteiger partial charge >= 0.3 is 5.63 Å². The Morgan fingerprint density at radius 2 is 2.07 bits per heavy atom. The predicted octanol–water partition coefficient (Wildman–Crippen LogP) is 2.73. The molecule has 0 N–H and O–H groups in total. The number of halogens is 1. The van der Waals surface area contributed by atoms with Crippen LogP contribution < -0.4 is 5.63 Å². The maximum Gasteiger partial charge on any atom is 0.336 e. The maximum absolute atomic E-state index is 10.9. The van der Waals surface area contributed by atoms with Gasteiger partial charge in [-0.25, -0.2) is 4.79 Å². The summed E-state index contributed by atoms with van der Waals surface area (Å²) in [7, 11) is 0. The third-order valence-corrected chi connectivity index (χ3v) is 2.46. The summed E-state index contributed by atoms with van der Waals surface area (Å²) < 4.78 is 5.03. The summed E-state index contributed by atoms with van der Waals surface area (Å²) in [6.45, 7) is 0. The van der Waals surface area contributed by atoms with E-state index in [1.54, 1.807) is 6.07 Å². The molecule has 0 aliphatic rings. The molecular weight excluding hydrogens is 244 g/mol. The molecule has 2 rings (SSSR count). The van der Waals surface area contributed by atoms with E-state index < -0.39 is 0 Å². The number of hydrogen-bond acceptors (Lipinski definition) is 2. The molecule has 0 unspecified atom stereocenters. The molecule has 2 nitrogen and oxygen atoms in total. The van der Waals surface area contributed by atoms with Crippen molar-refractivity contribution in [2.24, 2.45) is 0 Å². The van der Waals surface area contributed by atoms with Gasteiger partial charge in [0.2, 0.25) is 0 Å². The molecule has 0 saturated heterocycles. The van der Waals surface area contributed by atoms with E-state index in [4.69, 9.17) is 4.42 Å². The summed E-state index contributed by atoms with van der Waals surface area (Å²) in [6.07, 6.45) is 0.981. The van der Waals surface area contributed by atoms with Crippen LogP contribution in [0.5, 0.6) is 0 Å². The van der Waals surface area contributed by atoms with Crippen LogP contribution in [0.25, 0.3) is 11.0 Å². The van der Waals surface area contributed by atoms with Crippen LogP contribution in [-0.4, -0.2) is 5.33 Å². The normalized spacial score (nSPS) is 10.6. The highest BCUT2D eigenvalue weighted by molar-refractivity contribution is 9.09. The van der Waals surface area contributed by atoms with Crippen molar-refractivity contribution in [3.05, 3.63) is 46.3 Å². The van der Waals surface area contributed by atoms with Crippen molar-refractivity contribution in [2.45, 2.75) is 6.42 Å². The number of fused-ring (bicyclic) bond motifs is 1. The van der Waals surface area contributed by atoms with Crippen LogP contribution in [0.2, 0.25) is 0 Å². The quantitative estimate of drug-likeness (QED) is 0.608. The molecule has 0 bridgehead atoms. The molecular formula is C11H9BrO2. The first-order valence-corrected chi connectivity index (χ1v) is 5.50. The second kappa shape index (κ2) is 3.96.